The minimum Gasteiger partial charge on any atom is -0.103 e. The zero-order valence-electron chi connectivity index (χ0n) is 10.4. The van der Waals surface area contributed by atoms with Crippen LogP contribution in [0.15, 0.2) is 49.1 Å². The number of hydrogen-bond donors (Lipinski definition) is 0. The molecule has 2 atom stereocenters. The minimum absolute atomic E-state index is 0.544. The van der Waals surface area contributed by atoms with Gasteiger partial charge in [0.25, 0.3) is 0 Å². The zero-order valence-corrected chi connectivity index (χ0v) is 10.4. The monoisotopic (exact) mass is 204 g/mol. The normalized spacial score (nSPS) is 14.9. The summed E-state index contributed by atoms with van der Waals surface area (Å²) in [7, 11) is 0. The van der Waals surface area contributed by atoms with E-state index in [9.17, 15) is 0 Å². The van der Waals surface area contributed by atoms with E-state index in [1.165, 1.54) is 18.4 Å². The molecule has 0 rings (SSSR count). The van der Waals surface area contributed by atoms with Gasteiger partial charge in [0.1, 0.15) is 0 Å². The summed E-state index contributed by atoms with van der Waals surface area (Å²) in [6.07, 6.45) is 8.47. The van der Waals surface area contributed by atoms with Crippen LogP contribution < -0.4 is 0 Å². The van der Waals surface area contributed by atoms with Crippen LogP contribution in [-0.2, 0) is 0 Å². The molecule has 0 aromatic heterocycles. The number of rotatable bonds is 7. The molecule has 2 unspecified atom stereocenters. The summed E-state index contributed by atoms with van der Waals surface area (Å²) in [5, 5.41) is 0. The number of allylic oxidation sites excluding steroid dienone is 5. The third-order valence-electron chi connectivity index (χ3n) is 2.67. The van der Waals surface area contributed by atoms with Crippen LogP contribution in [0.3, 0.4) is 0 Å². The molecule has 0 nitrogen and oxygen atoms in total. The molecule has 84 valence electrons. The van der Waals surface area contributed by atoms with Crippen molar-refractivity contribution in [2.75, 3.05) is 0 Å². The van der Waals surface area contributed by atoms with Crippen LogP contribution in [0, 0.1) is 11.8 Å². The summed E-state index contributed by atoms with van der Waals surface area (Å²) in [6, 6.07) is 0. The third kappa shape index (κ3) is 6.96. The molecule has 0 spiro atoms. The Morgan fingerprint density at radius 1 is 1.13 bits per heavy atom. The maximum absolute atomic E-state index is 4.08. The Labute approximate surface area is 95.1 Å². The van der Waals surface area contributed by atoms with Gasteiger partial charge in [0, 0.05) is 0 Å². The van der Waals surface area contributed by atoms with Gasteiger partial charge in [0.15, 0.2) is 0 Å². The van der Waals surface area contributed by atoms with E-state index in [0.717, 1.165) is 5.57 Å². The largest absolute Gasteiger partial charge is 0.103 e. The van der Waals surface area contributed by atoms with Gasteiger partial charge >= 0.3 is 0 Å². The lowest BCUT2D eigenvalue weighted by atomic mass is 9.92. The molecule has 0 aliphatic heterocycles. The van der Waals surface area contributed by atoms with E-state index in [4.69, 9.17) is 0 Å². The molecule has 0 N–H and O–H groups in total. The SMILES string of the molecule is C=CC(C)CCC(C)C(=C)/C=C\C(=C)C. The lowest BCUT2D eigenvalue weighted by Crippen LogP contribution is -1.99. The van der Waals surface area contributed by atoms with Crippen LogP contribution in [0.4, 0.5) is 0 Å². The van der Waals surface area contributed by atoms with E-state index in [1.807, 2.05) is 19.1 Å². The van der Waals surface area contributed by atoms with Crippen molar-refractivity contribution in [3.05, 3.63) is 49.1 Å². The lowest BCUT2D eigenvalue weighted by molar-refractivity contribution is 0.525. The number of hydrogen-bond acceptors (Lipinski definition) is 0. The Bertz CT molecular complexity index is 255. The molecule has 0 aliphatic rings. The molecule has 0 fully saturated rings. The fourth-order valence-corrected chi connectivity index (χ4v) is 1.23. The van der Waals surface area contributed by atoms with Gasteiger partial charge in [-0.25, -0.2) is 0 Å². The fourth-order valence-electron chi connectivity index (χ4n) is 1.23. The zero-order chi connectivity index (χ0) is 11.8. The van der Waals surface area contributed by atoms with Crippen molar-refractivity contribution in [1.82, 2.24) is 0 Å². The minimum atomic E-state index is 0.544. The van der Waals surface area contributed by atoms with E-state index in [1.54, 1.807) is 0 Å². The first-order valence-electron chi connectivity index (χ1n) is 5.62. The summed E-state index contributed by atoms with van der Waals surface area (Å²) >= 11 is 0. The van der Waals surface area contributed by atoms with Crippen molar-refractivity contribution in [3.8, 4) is 0 Å². The van der Waals surface area contributed by atoms with E-state index in [0.29, 0.717) is 11.8 Å². The van der Waals surface area contributed by atoms with E-state index in [-0.39, 0.29) is 0 Å². The van der Waals surface area contributed by atoms with Crippen molar-refractivity contribution in [3.63, 3.8) is 0 Å². The summed E-state index contributed by atoms with van der Waals surface area (Å²) in [5.41, 5.74) is 2.26. The molecule has 15 heavy (non-hydrogen) atoms. The molecule has 0 aliphatic carbocycles. The molecule has 0 aromatic carbocycles. The summed E-state index contributed by atoms with van der Waals surface area (Å²) in [5.74, 6) is 1.15. The van der Waals surface area contributed by atoms with Gasteiger partial charge in [-0.3, -0.25) is 0 Å². The van der Waals surface area contributed by atoms with Crippen LogP contribution in [0.2, 0.25) is 0 Å². The first-order valence-corrected chi connectivity index (χ1v) is 5.62. The molecule has 0 amide bonds. The fraction of sp³-hybridized carbons (Fsp3) is 0.467. The second-order valence-electron chi connectivity index (χ2n) is 4.45. The molecule has 0 heterocycles. The standard InChI is InChI=1S/C15H24/c1-7-13(4)9-11-15(6)14(5)10-8-12(2)3/h7-8,10,13,15H,1-2,5,9,11H2,3-4,6H3/b10-8-. The predicted octanol–water partition coefficient (Wildman–Crippen LogP) is 4.91. The Balaban J connectivity index is 3.99. The van der Waals surface area contributed by atoms with E-state index < -0.39 is 0 Å². The molecule has 0 aromatic rings. The van der Waals surface area contributed by atoms with Crippen LogP contribution >= 0.6 is 0 Å². The Morgan fingerprint density at radius 3 is 2.20 bits per heavy atom. The molecular formula is C15H24. The van der Waals surface area contributed by atoms with Crippen LogP contribution in [0.25, 0.3) is 0 Å². The highest BCUT2D eigenvalue weighted by Gasteiger charge is 2.05. The van der Waals surface area contributed by atoms with Crippen molar-refractivity contribution in [1.29, 1.82) is 0 Å². The average molecular weight is 204 g/mol. The van der Waals surface area contributed by atoms with Crippen molar-refractivity contribution in [2.45, 2.75) is 33.6 Å². The highest BCUT2D eigenvalue weighted by molar-refractivity contribution is 5.24. The first-order chi connectivity index (χ1) is 6.97. The topological polar surface area (TPSA) is 0 Å². The Kier molecular flexibility index (Phi) is 6.77. The van der Waals surface area contributed by atoms with Gasteiger partial charge in [-0.05, 0) is 31.6 Å². The lowest BCUT2D eigenvalue weighted by Gasteiger charge is -2.13. The molecule has 0 bridgehead atoms. The van der Waals surface area contributed by atoms with Gasteiger partial charge in [0.2, 0.25) is 0 Å². The first kappa shape index (κ1) is 14.0. The van der Waals surface area contributed by atoms with Crippen molar-refractivity contribution >= 4 is 0 Å². The maximum atomic E-state index is 4.08. The van der Waals surface area contributed by atoms with E-state index >= 15 is 0 Å². The second-order valence-corrected chi connectivity index (χ2v) is 4.45. The highest BCUT2D eigenvalue weighted by Crippen LogP contribution is 2.19. The van der Waals surface area contributed by atoms with Crippen LogP contribution in [0.1, 0.15) is 33.6 Å². The molecule has 0 saturated carbocycles. The van der Waals surface area contributed by atoms with Crippen LogP contribution in [0.5, 0.6) is 0 Å². The highest BCUT2D eigenvalue weighted by atomic mass is 14.1. The summed E-state index contributed by atoms with van der Waals surface area (Å²) < 4.78 is 0. The van der Waals surface area contributed by atoms with Crippen molar-refractivity contribution < 1.29 is 0 Å². The third-order valence-corrected chi connectivity index (χ3v) is 2.67. The average Bonchev–Trinajstić information content (AvgIpc) is 2.21. The van der Waals surface area contributed by atoms with Crippen molar-refractivity contribution in [2.24, 2.45) is 11.8 Å². The van der Waals surface area contributed by atoms with Gasteiger partial charge in [-0.1, -0.05) is 56.4 Å². The predicted molar refractivity (Wildman–Crippen MR) is 70.9 cm³/mol. The molecule has 0 heteroatoms. The van der Waals surface area contributed by atoms with Gasteiger partial charge in [0.05, 0.1) is 0 Å². The van der Waals surface area contributed by atoms with E-state index in [2.05, 4.69) is 39.7 Å². The van der Waals surface area contributed by atoms with Gasteiger partial charge in [-0.2, -0.15) is 0 Å². The quantitative estimate of drug-likeness (QED) is 0.408. The molecular weight excluding hydrogens is 180 g/mol. The smallest absolute Gasteiger partial charge is 0.0196 e. The summed E-state index contributed by atoms with van der Waals surface area (Å²) in [6.45, 7) is 18.1. The maximum Gasteiger partial charge on any atom is -0.0196 e. The molecule has 0 saturated heterocycles. The second kappa shape index (κ2) is 7.28. The van der Waals surface area contributed by atoms with Crippen LogP contribution in [-0.4, -0.2) is 0 Å². The Hall–Kier alpha value is -1.04. The Morgan fingerprint density at radius 2 is 1.73 bits per heavy atom. The molecule has 0 radical (unpaired) electrons. The van der Waals surface area contributed by atoms with Gasteiger partial charge in [-0.15, -0.1) is 6.58 Å². The van der Waals surface area contributed by atoms with Gasteiger partial charge < -0.3 is 0 Å². The summed E-state index contributed by atoms with van der Waals surface area (Å²) in [4.78, 5) is 0.